The molecule has 0 aromatic heterocycles. The third-order valence-electron chi connectivity index (χ3n) is 7.33. The Hall–Kier alpha value is -1.93. The summed E-state index contributed by atoms with van der Waals surface area (Å²) in [4.78, 5) is 13.4. The molecule has 2 aromatic carbocycles. The molecule has 29 heavy (non-hydrogen) atoms. The van der Waals surface area contributed by atoms with E-state index in [1.807, 2.05) is 36.4 Å². The number of carbonyl (C=O) groups excluding carboxylic acids is 1. The minimum atomic E-state index is -0.996. The van der Waals surface area contributed by atoms with Crippen LogP contribution < -0.4 is 0 Å². The van der Waals surface area contributed by atoms with Gasteiger partial charge in [0.1, 0.15) is 5.78 Å². The molecular formula is C27H34O2. The normalized spacial score (nSPS) is 30.2. The zero-order valence-electron chi connectivity index (χ0n) is 17.8. The van der Waals surface area contributed by atoms with Gasteiger partial charge in [-0.25, -0.2) is 0 Å². The standard InChI is InChI=1S/C27H34O2/c1-26(2)17-21-18-27(29,22-14-7-4-8-15-22)25(23(21)19-26)24(28)16-10-9-13-20-11-5-3-6-12-20/h3-8,11-12,14-15,21,23,25,29H,9-10,13,16-19H2,1-2H3/t21-,23-,25-,27+/m0/s1. The number of fused-ring (bicyclic) bond motifs is 1. The maximum atomic E-state index is 13.4. The number of unbranched alkanes of at least 4 members (excludes halogenated alkanes) is 1. The number of carbonyl (C=O) groups is 1. The zero-order valence-corrected chi connectivity index (χ0v) is 17.8. The fraction of sp³-hybridized carbons (Fsp3) is 0.519. The van der Waals surface area contributed by atoms with Crippen LogP contribution in [0.2, 0.25) is 0 Å². The molecule has 0 aliphatic heterocycles. The van der Waals surface area contributed by atoms with Crippen molar-refractivity contribution >= 4 is 5.78 Å². The Kier molecular flexibility index (Phi) is 5.66. The van der Waals surface area contributed by atoms with Crippen molar-refractivity contribution < 1.29 is 9.90 Å². The number of rotatable bonds is 7. The molecule has 2 nitrogen and oxygen atoms in total. The van der Waals surface area contributed by atoms with Gasteiger partial charge in [0.25, 0.3) is 0 Å². The van der Waals surface area contributed by atoms with E-state index in [9.17, 15) is 9.90 Å². The van der Waals surface area contributed by atoms with Gasteiger partial charge in [0.05, 0.1) is 11.5 Å². The van der Waals surface area contributed by atoms with Gasteiger partial charge in [-0.15, -0.1) is 0 Å². The molecule has 2 aliphatic carbocycles. The van der Waals surface area contributed by atoms with Gasteiger partial charge >= 0.3 is 0 Å². The smallest absolute Gasteiger partial charge is 0.139 e. The van der Waals surface area contributed by atoms with E-state index in [1.165, 1.54) is 5.56 Å². The summed E-state index contributed by atoms with van der Waals surface area (Å²) >= 11 is 0. The van der Waals surface area contributed by atoms with E-state index < -0.39 is 5.60 Å². The van der Waals surface area contributed by atoms with Crippen LogP contribution in [0.25, 0.3) is 0 Å². The number of Topliss-reactive ketones (excluding diaryl/α,β-unsaturated/α-hetero) is 1. The minimum absolute atomic E-state index is 0.256. The lowest BCUT2D eigenvalue weighted by Gasteiger charge is -2.34. The molecule has 0 heterocycles. The summed E-state index contributed by atoms with van der Waals surface area (Å²) in [6, 6.07) is 20.4. The average Bonchev–Trinajstić information content (AvgIpc) is 3.14. The van der Waals surface area contributed by atoms with Crippen molar-refractivity contribution in [3.8, 4) is 0 Å². The quantitative estimate of drug-likeness (QED) is 0.595. The lowest BCUT2D eigenvalue weighted by Crippen LogP contribution is -2.39. The van der Waals surface area contributed by atoms with Crippen molar-refractivity contribution in [1.29, 1.82) is 0 Å². The molecule has 154 valence electrons. The summed E-state index contributed by atoms with van der Waals surface area (Å²) in [6.07, 6.45) is 6.40. The van der Waals surface area contributed by atoms with Crippen molar-refractivity contribution in [2.75, 3.05) is 0 Å². The van der Waals surface area contributed by atoms with E-state index >= 15 is 0 Å². The second-order valence-electron chi connectivity index (χ2n) is 10.1. The fourth-order valence-corrected chi connectivity index (χ4v) is 6.20. The molecule has 1 N–H and O–H groups in total. The van der Waals surface area contributed by atoms with Crippen LogP contribution in [0.1, 0.15) is 63.5 Å². The van der Waals surface area contributed by atoms with Crippen LogP contribution in [0.4, 0.5) is 0 Å². The number of aliphatic hydroxyl groups is 1. The summed E-state index contributed by atoms with van der Waals surface area (Å²) in [5.74, 6) is 0.785. The maximum Gasteiger partial charge on any atom is 0.139 e. The summed E-state index contributed by atoms with van der Waals surface area (Å²) < 4.78 is 0. The van der Waals surface area contributed by atoms with Crippen LogP contribution in [0.15, 0.2) is 60.7 Å². The molecule has 4 atom stereocenters. The predicted molar refractivity (Wildman–Crippen MR) is 117 cm³/mol. The van der Waals surface area contributed by atoms with E-state index in [2.05, 4.69) is 38.1 Å². The Morgan fingerprint density at radius 1 is 0.931 bits per heavy atom. The van der Waals surface area contributed by atoms with Gasteiger partial charge in [0, 0.05) is 6.42 Å². The summed E-state index contributed by atoms with van der Waals surface area (Å²) in [5, 5.41) is 11.8. The molecule has 2 fully saturated rings. The number of benzene rings is 2. The van der Waals surface area contributed by atoms with Gasteiger partial charge in [-0.3, -0.25) is 4.79 Å². The highest BCUT2D eigenvalue weighted by molar-refractivity contribution is 5.83. The molecule has 0 unspecified atom stereocenters. The molecule has 0 radical (unpaired) electrons. The molecular weight excluding hydrogens is 356 g/mol. The lowest BCUT2D eigenvalue weighted by molar-refractivity contribution is -0.133. The van der Waals surface area contributed by atoms with Crippen LogP contribution in [0.5, 0.6) is 0 Å². The Morgan fingerprint density at radius 2 is 1.59 bits per heavy atom. The van der Waals surface area contributed by atoms with Gasteiger partial charge in [-0.1, -0.05) is 74.5 Å². The second-order valence-corrected chi connectivity index (χ2v) is 10.1. The number of hydrogen-bond acceptors (Lipinski definition) is 2. The molecule has 2 heteroatoms. The van der Waals surface area contributed by atoms with Crippen molar-refractivity contribution in [1.82, 2.24) is 0 Å². The largest absolute Gasteiger partial charge is 0.384 e. The maximum absolute atomic E-state index is 13.4. The first-order valence-electron chi connectivity index (χ1n) is 11.2. The first kappa shape index (κ1) is 20.3. The highest BCUT2D eigenvalue weighted by Gasteiger charge is 2.60. The summed E-state index contributed by atoms with van der Waals surface area (Å²) in [7, 11) is 0. The summed E-state index contributed by atoms with van der Waals surface area (Å²) in [6.45, 7) is 4.63. The highest BCUT2D eigenvalue weighted by Crippen LogP contribution is 2.61. The topological polar surface area (TPSA) is 37.3 Å². The zero-order chi connectivity index (χ0) is 20.5. The van der Waals surface area contributed by atoms with Gasteiger partial charge in [-0.2, -0.15) is 0 Å². The minimum Gasteiger partial charge on any atom is -0.384 e. The molecule has 2 saturated carbocycles. The monoisotopic (exact) mass is 390 g/mol. The van der Waals surface area contributed by atoms with E-state index in [4.69, 9.17) is 0 Å². The summed E-state index contributed by atoms with van der Waals surface area (Å²) in [5.41, 5.74) is 1.54. The van der Waals surface area contributed by atoms with Gasteiger partial charge in [0.15, 0.2) is 0 Å². The Bertz CT molecular complexity index is 826. The number of aryl methyl sites for hydroxylation is 1. The van der Waals surface area contributed by atoms with E-state index in [1.54, 1.807) is 0 Å². The number of hydrogen-bond donors (Lipinski definition) is 1. The van der Waals surface area contributed by atoms with Crippen molar-refractivity contribution in [3.63, 3.8) is 0 Å². The van der Waals surface area contributed by atoms with Gasteiger partial charge in [0.2, 0.25) is 0 Å². The SMILES string of the molecule is CC1(C)C[C@H]2C[C@@](O)(c3ccccc3)[C@H](C(=O)CCCCc3ccccc3)[C@H]2C1. The van der Waals surface area contributed by atoms with E-state index in [0.29, 0.717) is 18.3 Å². The van der Waals surface area contributed by atoms with Gasteiger partial charge in [-0.05, 0) is 66.9 Å². The third kappa shape index (κ3) is 4.19. The van der Waals surface area contributed by atoms with Crippen molar-refractivity contribution in [2.45, 2.75) is 64.4 Å². The molecule has 0 spiro atoms. The molecule has 4 rings (SSSR count). The molecule has 0 saturated heterocycles. The molecule has 2 aromatic rings. The Labute approximate surface area is 175 Å². The Balaban J connectivity index is 1.47. The lowest BCUT2D eigenvalue weighted by atomic mass is 9.74. The van der Waals surface area contributed by atoms with Crippen LogP contribution >= 0.6 is 0 Å². The average molecular weight is 391 g/mol. The molecule has 0 bridgehead atoms. The second kappa shape index (κ2) is 8.07. The van der Waals surface area contributed by atoms with Crippen LogP contribution in [0, 0.1) is 23.2 Å². The molecule has 0 amide bonds. The number of ketones is 1. The first-order chi connectivity index (χ1) is 13.9. The predicted octanol–water partition coefficient (Wildman–Crippen LogP) is 5.93. The fourth-order valence-electron chi connectivity index (χ4n) is 6.20. The van der Waals surface area contributed by atoms with E-state index in [0.717, 1.165) is 44.1 Å². The third-order valence-corrected chi connectivity index (χ3v) is 7.33. The van der Waals surface area contributed by atoms with Crippen LogP contribution in [0.3, 0.4) is 0 Å². The van der Waals surface area contributed by atoms with Crippen molar-refractivity contribution in [2.24, 2.45) is 23.2 Å². The highest BCUT2D eigenvalue weighted by atomic mass is 16.3. The molecule has 2 aliphatic rings. The van der Waals surface area contributed by atoms with E-state index in [-0.39, 0.29) is 17.1 Å². The van der Waals surface area contributed by atoms with Crippen LogP contribution in [-0.4, -0.2) is 10.9 Å². The van der Waals surface area contributed by atoms with Gasteiger partial charge < -0.3 is 5.11 Å². The Morgan fingerprint density at radius 3 is 2.28 bits per heavy atom. The van der Waals surface area contributed by atoms with Crippen molar-refractivity contribution in [3.05, 3.63) is 71.8 Å². The van der Waals surface area contributed by atoms with Crippen LogP contribution in [-0.2, 0) is 16.8 Å². The first-order valence-corrected chi connectivity index (χ1v) is 11.2.